The molecule has 1 aliphatic carbocycles. The average Bonchev–Trinajstić information content (AvgIpc) is 3.36. The van der Waals surface area contributed by atoms with E-state index in [0.717, 1.165) is 31.2 Å². The van der Waals surface area contributed by atoms with Crippen LogP contribution < -0.4 is 10.6 Å². The number of furan rings is 1. The molecular formula is C19H19N5O2. The Bertz CT molecular complexity index is 890. The van der Waals surface area contributed by atoms with Crippen LogP contribution in [0.25, 0.3) is 22.7 Å². The minimum absolute atomic E-state index is 0.0676. The van der Waals surface area contributed by atoms with Gasteiger partial charge >= 0.3 is 6.03 Å². The molecule has 3 aromatic heterocycles. The Balaban J connectivity index is 1.83. The maximum atomic E-state index is 12.1. The van der Waals surface area contributed by atoms with Crippen LogP contribution in [-0.4, -0.2) is 27.0 Å². The Kier molecular flexibility index (Phi) is 4.35. The summed E-state index contributed by atoms with van der Waals surface area (Å²) in [5, 5.41) is 0. The van der Waals surface area contributed by atoms with Gasteiger partial charge in [0, 0.05) is 24.0 Å². The molecule has 7 heteroatoms. The number of aromatic nitrogens is 3. The fourth-order valence-corrected chi connectivity index (χ4v) is 3.44. The summed E-state index contributed by atoms with van der Waals surface area (Å²) in [5.74, 6) is 1.04. The molecule has 0 atom stereocenters. The molecule has 0 spiro atoms. The van der Waals surface area contributed by atoms with Gasteiger partial charge in [-0.2, -0.15) is 0 Å². The summed E-state index contributed by atoms with van der Waals surface area (Å²) >= 11 is 0. The number of nitrogens with two attached hydrogens (primary N) is 1. The number of amides is 2. The predicted octanol–water partition coefficient (Wildman–Crippen LogP) is 3.63. The van der Waals surface area contributed by atoms with E-state index in [1.807, 2.05) is 18.2 Å². The zero-order valence-electron chi connectivity index (χ0n) is 14.2. The molecular weight excluding hydrogens is 330 g/mol. The van der Waals surface area contributed by atoms with E-state index in [2.05, 4.69) is 9.97 Å². The van der Waals surface area contributed by atoms with E-state index in [4.69, 9.17) is 15.1 Å². The van der Waals surface area contributed by atoms with E-state index < -0.39 is 6.03 Å². The van der Waals surface area contributed by atoms with E-state index in [0.29, 0.717) is 23.0 Å². The fraction of sp³-hybridized carbons (Fsp3) is 0.263. The van der Waals surface area contributed by atoms with Crippen LogP contribution in [0.1, 0.15) is 25.7 Å². The number of hydrogen-bond acceptors (Lipinski definition) is 5. The molecule has 0 aromatic carbocycles. The molecule has 1 saturated carbocycles. The third kappa shape index (κ3) is 3.03. The van der Waals surface area contributed by atoms with Crippen molar-refractivity contribution in [3.8, 4) is 22.7 Å². The van der Waals surface area contributed by atoms with Crippen LogP contribution in [0.3, 0.4) is 0 Å². The topological polar surface area (TPSA) is 98.1 Å². The Hall–Kier alpha value is -3.22. The van der Waals surface area contributed by atoms with Gasteiger partial charge in [-0.25, -0.2) is 14.8 Å². The highest BCUT2D eigenvalue weighted by Gasteiger charge is 2.29. The highest BCUT2D eigenvalue weighted by molar-refractivity contribution is 5.91. The number of primary amides is 1. The number of carbonyl (C=O) groups is 1. The number of anilines is 1. The van der Waals surface area contributed by atoms with E-state index in [1.165, 1.54) is 0 Å². The van der Waals surface area contributed by atoms with Gasteiger partial charge < -0.3 is 10.2 Å². The zero-order chi connectivity index (χ0) is 17.9. The number of urea groups is 1. The molecule has 4 rings (SSSR count). The molecule has 26 heavy (non-hydrogen) atoms. The number of rotatable bonds is 4. The van der Waals surface area contributed by atoms with E-state index in [9.17, 15) is 4.79 Å². The van der Waals surface area contributed by atoms with Crippen molar-refractivity contribution in [3.05, 3.63) is 49.1 Å². The van der Waals surface area contributed by atoms with Crippen LogP contribution in [0.15, 0.2) is 53.5 Å². The second-order valence-electron chi connectivity index (χ2n) is 6.29. The second-order valence-corrected chi connectivity index (χ2v) is 6.29. The van der Waals surface area contributed by atoms with Crippen LogP contribution in [0.2, 0.25) is 0 Å². The van der Waals surface area contributed by atoms with Crippen molar-refractivity contribution < 1.29 is 9.21 Å². The summed E-state index contributed by atoms with van der Waals surface area (Å²) in [7, 11) is 0. The van der Waals surface area contributed by atoms with Gasteiger partial charge in [0.1, 0.15) is 5.69 Å². The summed E-state index contributed by atoms with van der Waals surface area (Å²) < 4.78 is 5.55. The summed E-state index contributed by atoms with van der Waals surface area (Å²) in [4.78, 5) is 27.0. The van der Waals surface area contributed by atoms with Crippen molar-refractivity contribution in [3.63, 3.8) is 0 Å². The van der Waals surface area contributed by atoms with Gasteiger partial charge in [-0.1, -0.05) is 12.8 Å². The minimum atomic E-state index is -0.506. The Morgan fingerprint density at radius 2 is 1.92 bits per heavy atom. The fourth-order valence-electron chi connectivity index (χ4n) is 3.44. The number of carbonyl (C=O) groups excluding carboxylic acids is 1. The Labute approximate surface area is 150 Å². The first-order chi connectivity index (χ1) is 12.7. The maximum Gasteiger partial charge on any atom is 0.320 e. The lowest BCUT2D eigenvalue weighted by Crippen LogP contribution is -2.43. The first-order valence-electron chi connectivity index (χ1n) is 8.64. The largest absolute Gasteiger partial charge is 0.463 e. The standard InChI is InChI=1S/C19H19N5O2/c20-19(25)24(14-4-1-2-5-14)16-12-22-17(13-7-9-21-10-8-13)18(23-16)15-6-3-11-26-15/h3,6-12,14H,1-2,4-5H2,(H2,20,25). The number of hydrogen-bond donors (Lipinski definition) is 1. The summed E-state index contributed by atoms with van der Waals surface area (Å²) in [5.41, 5.74) is 7.77. The molecule has 3 aromatic rings. The molecule has 1 aliphatic rings. The molecule has 0 radical (unpaired) electrons. The van der Waals surface area contributed by atoms with Crippen LogP contribution in [0.5, 0.6) is 0 Å². The van der Waals surface area contributed by atoms with Crippen molar-refractivity contribution in [1.82, 2.24) is 15.0 Å². The minimum Gasteiger partial charge on any atom is -0.463 e. The van der Waals surface area contributed by atoms with Gasteiger partial charge in [-0.15, -0.1) is 0 Å². The quantitative estimate of drug-likeness (QED) is 0.775. The van der Waals surface area contributed by atoms with Gasteiger partial charge in [-0.3, -0.25) is 9.88 Å². The van der Waals surface area contributed by atoms with Gasteiger partial charge in [0.25, 0.3) is 0 Å². The summed E-state index contributed by atoms with van der Waals surface area (Å²) in [6, 6.07) is 6.90. The van der Waals surface area contributed by atoms with E-state index in [1.54, 1.807) is 35.8 Å². The summed E-state index contributed by atoms with van der Waals surface area (Å²) in [6.07, 6.45) is 10.6. The summed E-state index contributed by atoms with van der Waals surface area (Å²) in [6.45, 7) is 0. The molecule has 0 aliphatic heterocycles. The molecule has 2 N–H and O–H groups in total. The first-order valence-corrected chi connectivity index (χ1v) is 8.64. The normalized spacial score (nSPS) is 14.5. The molecule has 0 unspecified atom stereocenters. The highest BCUT2D eigenvalue weighted by Crippen LogP contribution is 2.33. The lowest BCUT2D eigenvalue weighted by atomic mass is 10.1. The predicted molar refractivity (Wildman–Crippen MR) is 97.3 cm³/mol. The lowest BCUT2D eigenvalue weighted by Gasteiger charge is -2.26. The van der Waals surface area contributed by atoms with Gasteiger partial charge in [-0.05, 0) is 37.1 Å². The molecule has 3 heterocycles. The van der Waals surface area contributed by atoms with Crippen molar-refractivity contribution in [1.29, 1.82) is 0 Å². The SMILES string of the molecule is NC(=O)N(c1cnc(-c2ccncc2)c(-c2ccco2)n1)C1CCCC1. The van der Waals surface area contributed by atoms with Crippen molar-refractivity contribution in [2.24, 2.45) is 5.73 Å². The van der Waals surface area contributed by atoms with E-state index in [-0.39, 0.29) is 6.04 Å². The molecule has 0 saturated heterocycles. The van der Waals surface area contributed by atoms with Crippen LogP contribution >= 0.6 is 0 Å². The molecule has 132 valence electrons. The zero-order valence-corrected chi connectivity index (χ0v) is 14.2. The monoisotopic (exact) mass is 349 g/mol. The molecule has 0 bridgehead atoms. The number of pyridine rings is 1. The Morgan fingerprint density at radius 1 is 1.15 bits per heavy atom. The smallest absolute Gasteiger partial charge is 0.320 e. The maximum absolute atomic E-state index is 12.1. The van der Waals surface area contributed by atoms with E-state index >= 15 is 0 Å². The van der Waals surface area contributed by atoms with Crippen LogP contribution in [0, 0.1) is 0 Å². The first kappa shape index (κ1) is 16.3. The molecule has 2 amide bonds. The van der Waals surface area contributed by atoms with Crippen molar-refractivity contribution >= 4 is 11.8 Å². The Morgan fingerprint density at radius 3 is 2.58 bits per heavy atom. The van der Waals surface area contributed by atoms with Crippen molar-refractivity contribution in [2.45, 2.75) is 31.7 Å². The van der Waals surface area contributed by atoms with Crippen LogP contribution in [-0.2, 0) is 0 Å². The molecule has 1 fully saturated rings. The van der Waals surface area contributed by atoms with Gasteiger partial charge in [0.2, 0.25) is 0 Å². The average molecular weight is 349 g/mol. The lowest BCUT2D eigenvalue weighted by molar-refractivity contribution is 0.251. The number of nitrogens with zero attached hydrogens (tertiary/aromatic N) is 4. The molecule has 7 nitrogen and oxygen atoms in total. The third-order valence-electron chi connectivity index (χ3n) is 4.64. The second kappa shape index (κ2) is 6.95. The van der Waals surface area contributed by atoms with Crippen LogP contribution in [0.4, 0.5) is 10.6 Å². The van der Waals surface area contributed by atoms with Gasteiger partial charge in [0.15, 0.2) is 11.6 Å². The third-order valence-corrected chi connectivity index (χ3v) is 4.64. The highest BCUT2D eigenvalue weighted by atomic mass is 16.3. The van der Waals surface area contributed by atoms with Gasteiger partial charge in [0.05, 0.1) is 18.2 Å². The van der Waals surface area contributed by atoms with Crippen molar-refractivity contribution in [2.75, 3.05) is 4.90 Å².